The lowest BCUT2D eigenvalue weighted by molar-refractivity contribution is -0.141. The van der Waals surface area contributed by atoms with Gasteiger partial charge in [0.15, 0.2) is 0 Å². The molecule has 0 spiro atoms. The Balaban J connectivity index is 1.48. The van der Waals surface area contributed by atoms with Gasteiger partial charge in [-0.3, -0.25) is 14.4 Å². The molecule has 1 aliphatic heterocycles. The van der Waals surface area contributed by atoms with Gasteiger partial charge in [0.2, 0.25) is 11.8 Å². The van der Waals surface area contributed by atoms with E-state index in [1.807, 2.05) is 61.5 Å². The summed E-state index contributed by atoms with van der Waals surface area (Å²) < 4.78 is 27.1. The molecule has 41 heavy (non-hydrogen) atoms. The standard InChI is InChI=1S/C32H35N3O5S/c1-23-16-18-25(19-17-23)21-34(30(36)22-35-32(38)27-14-8-9-15-29(27)41(35,39)40)28(20-24-10-4-2-5-11-24)31(37)33-26-12-6-3-7-13-26/h2,4-5,8-11,14-19,26,28H,3,6-7,12-13,20-22H2,1H3,(H,33,37)/t28-/m0/s1. The maximum atomic E-state index is 14.1. The highest BCUT2D eigenvalue weighted by molar-refractivity contribution is 7.90. The van der Waals surface area contributed by atoms with Crippen LogP contribution in [0.3, 0.4) is 0 Å². The van der Waals surface area contributed by atoms with Crippen LogP contribution in [0.5, 0.6) is 0 Å². The number of nitrogens with zero attached hydrogens (tertiary/aromatic N) is 2. The van der Waals surface area contributed by atoms with Crippen LogP contribution in [0.15, 0.2) is 83.8 Å². The largest absolute Gasteiger partial charge is 0.352 e. The number of aryl methyl sites for hydroxylation is 1. The minimum atomic E-state index is -4.19. The monoisotopic (exact) mass is 573 g/mol. The third-order valence-corrected chi connectivity index (χ3v) is 9.67. The molecule has 1 saturated carbocycles. The minimum Gasteiger partial charge on any atom is -0.352 e. The molecule has 8 nitrogen and oxygen atoms in total. The normalized spacial score (nSPS) is 17.1. The Morgan fingerprint density at radius 2 is 1.56 bits per heavy atom. The molecule has 0 aromatic heterocycles. The highest BCUT2D eigenvalue weighted by Gasteiger charge is 2.43. The van der Waals surface area contributed by atoms with E-state index in [2.05, 4.69) is 5.32 Å². The van der Waals surface area contributed by atoms with Gasteiger partial charge in [0, 0.05) is 19.0 Å². The van der Waals surface area contributed by atoms with Gasteiger partial charge in [-0.05, 0) is 43.0 Å². The number of nitrogens with one attached hydrogen (secondary N) is 1. The lowest BCUT2D eigenvalue weighted by atomic mass is 9.94. The number of carbonyl (C=O) groups excluding carboxylic acids is 3. The molecule has 0 saturated heterocycles. The summed E-state index contributed by atoms with van der Waals surface area (Å²) in [6.07, 6.45) is 5.23. The van der Waals surface area contributed by atoms with E-state index in [1.54, 1.807) is 12.1 Å². The molecule has 1 atom stereocenters. The number of carbonyl (C=O) groups is 3. The number of amides is 3. The Kier molecular flexibility index (Phi) is 8.54. The fourth-order valence-corrected chi connectivity index (χ4v) is 7.11. The first-order chi connectivity index (χ1) is 19.7. The lowest BCUT2D eigenvalue weighted by Crippen LogP contribution is -2.55. The molecule has 2 aliphatic rings. The van der Waals surface area contributed by atoms with Crippen molar-refractivity contribution in [3.8, 4) is 0 Å². The maximum absolute atomic E-state index is 14.1. The molecule has 0 bridgehead atoms. The summed E-state index contributed by atoms with van der Waals surface area (Å²) >= 11 is 0. The Morgan fingerprint density at radius 3 is 2.24 bits per heavy atom. The van der Waals surface area contributed by atoms with Crippen LogP contribution in [-0.2, 0) is 32.6 Å². The number of fused-ring (bicyclic) bond motifs is 1. The molecule has 1 aliphatic carbocycles. The van der Waals surface area contributed by atoms with E-state index in [1.165, 1.54) is 17.0 Å². The van der Waals surface area contributed by atoms with Crippen LogP contribution in [0.4, 0.5) is 0 Å². The van der Waals surface area contributed by atoms with Crippen molar-refractivity contribution in [2.45, 2.75) is 69.0 Å². The average Bonchev–Trinajstić information content (AvgIpc) is 3.17. The molecular weight excluding hydrogens is 538 g/mol. The number of hydrogen-bond acceptors (Lipinski definition) is 5. The molecule has 0 unspecified atom stereocenters. The van der Waals surface area contributed by atoms with Crippen LogP contribution in [0.25, 0.3) is 0 Å². The van der Waals surface area contributed by atoms with Gasteiger partial charge in [-0.2, -0.15) is 0 Å². The zero-order chi connectivity index (χ0) is 29.0. The number of sulfonamides is 1. The first-order valence-corrected chi connectivity index (χ1v) is 15.5. The molecule has 3 aromatic carbocycles. The number of benzene rings is 3. The first-order valence-electron chi connectivity index (χ1n) is 14.1. The molecule has 1 N–H and O–H groups in total. The zero-order valence-corrected chi connectivity index (χ0v) is 24.0. The van der Waals surface area contributed by atoms with Gasteiger partial charge in [-0.25, -0.2) is 12.7 Å². The number of rotatable bonds is 9. The van der Waals surface area contributed by atoms with Gasteiger partial charge in [0.1, 0.15) is 17.5 Å². The van der Waals surface area contributed by atoms with Crippen molar-refractivity contribution in [2.24, 2.45) is 0 Å². The summed E-state index contributed by atoms with van der Waals surface area (Å²) in [5.74, 6) is -1.63. The van der Waals surface area contributed by atoms with Crippen LogP contribution < -0.4 is 5.32 Å². The molecule has 1 heterocycles. The Bertz CT molecular complexity index is 1520. The van der Waals surface area contributed by atoms with Crippen LogP contribution in [-0.4, -0.2) is 54.0 Å². The Morgan fingerprint density at radius 1 is 0.902 bits per heavy atom. The quantitative estimate of drug-likeness (QED) is 0.413. The SMILES string of the molecule is Cc1ccc(CN(C(=O)CN2C(=O)c3ccccc3S2(=O)=O)[C@@H](Cc2ccccc2)C(=O)NC2CCCCC2)cc1. The van der Waals surface area contributed by atoms with Gasteiger partial charge in [0.25, 0.3) is 15.9 Å². The fraction of sp³-hybridized carbons (Fsp3) is 0.344. The van der Waals surface area contributed by atoms with E-state index in [-0.39, 0.29) is 35.4 Å². The predicted molar refractivity (Wildman–Crippen MR) is 155 cm³/mol. The van der Waals surface area contributed by atoms with E-state index in [0.29, 0.717) is 4.31 Å². The van der Waals surface area contributed by atoms with E-state index >= 15 is 0 Å². The first kappa shape index (κ1) is 28.5. The minimum absolute atomic E-state index is 0.0286. The second-order valence-corrected chi connectivity index (χ2v) is 12.7. The van der Waals surface area contributed by atoms with Gasteiger partial charge in [-0.1, -0.05) is 91.6 Å². The Hall–Kier alpha value is -3.98. The van der Waals surface area contributed by atoms with Crippen molar-refractivity contribution in [3.63, 3.8) is 0 Å². The molecular formula is C32H35N3O5S. The van der Waals surface area contributed by atoms with E-state index in [4.69, 9.17) is 0 Å². The summed E-state index contributed by atoms with van der Waals surface area (Å²) in [5, 5.41) is 3.17. The highest BCUT2D eigenvalue weighted by Crippen LogP contribution is 2.30. The topological polar surface area (TPSA) is 104 Å². The third kappa shape index (κ3) is 6.35. The van der Waals surface area contributed by atoms with E-state index in [9.17, 15) is 22.8 Å². The van der Waals surface area contributed by atoms with Gasteiger partial charge in [0.05, 0.1) is 5.56 Å². The lowest BCUT2D eigenvalue weighted by Gasteiger charge is -2.34. The average molecular weight is 574 g/mol. The van der Waals surface area contributed by atoms with Gasteiger partial charge < -0.3 is 10.2 Å². The summed E-state index contributed by atoms with van der Waals surface area (Å²) in [5.41, 5.74) is 2.76. The molecule has 0 radical (unpaired) electrons. The van der Waals surface area contributed by atoms with Crippen LogP contribution in [0, 0.1) is 6.92 Å². The van der Waals surface area contributed by atoms with Crippen molar-refractivity contribution in [3.05, 3.63) is 101 Å². The van der Waals surface area contributed by atoms with Crippen molar-refractivity contribution in [1.82, 2.24) is 14.5 Å². The molecule has 5 rings (SSSR count). The van der Waals surface area contributed by atoms with Crippen molar-refractivity contribution in [2.75, 3.05) is 6.54 Å². The summed E-state index contributed by atoms with van der Waals surface area (Å²) in [4.78, 5) is 42.4. The molecule has 214 valence electrons. The van der Waals surface area contributed by atoms with Crippen molar-refractivity contribution in [1.29, 1.82) is 0 Å². The van der Waals surface area contributed by atoms with E-state index in [0.717, 1.165) is 48.8 Å². The van der Waals surface area contributed by atoms with Gasteiger partial charge in [-0.15, -0.1) is 0 Å². The van der Waals surface area contributed by atoms with Crippen LogP contribution >= 0.6 is 0 Å². The summed E-state index contributed by atoms with van der Waals surface area (Å²) in [7, 11) is -4.19. The van der Waals surface area contributed by atoms with Crippen molar-refractivity contribution >= 4 is 27.7 Å². The van der Waals surface area contributed by atoms with Crippen LogP contribution in [0.2, 0.25) is 0 Å². The second-order valence-electron chi connectivity index (χ2n) is 10.9. The predicted octanol–water partition coefficient (Wildman–Crippen LogP) is 4.23. The summed E-state index contributed by atoms with van der Waals surface area (Å²) in [6, 6.07) is 22.2. The third-order valence-electron chi connectivity index (χ3n) is 7.89. The molecule has 9 heteroatoms. The second kappa shape index (κ2) is 12.3. The number of hydrogen-bond donors (Lipinski definition) is 1. The molecule has 1 fully saturated rings. The maximum Gasteiger partial charge on any atom is 0.269 e. The zero-order valence-electron chi connectivity index (χ0n) is 23.2. The fourth-order valence-electron chi connectivity index (χ4n) is 5.59. The van der Waals surface area contributed by atoms with Crippen LogP contribution in [0.1, 0.15) is 59.2 Å². The van der Waals surface area contributed by atoms with Crippen molar-refractivity contribution < 1.29 is 22.8 Å². The van der Waals surface area contributed by atoms with Gasteiger partial charge >= 0.3 is 0 Å². The van der Waals surface area contributed by atoms with E-state index < -0.39 is 34.4 Å². The molecule has 3 aromatic rings. The smallest absolute Gasteiger partial charge is 0.269 e. The Labute approximate surface area is 241 Å². The highest BCUT2D eigenvalue weighted by atomic mass is 32.2. The molecule has 3 amide bonds. The summed E-state index contributed by atoms with van der Waals surface area (Å²) in [6.45, 7) is 1.36.